The number of fused-ring (bicyclic) bond motifs is 1. The van der Waals surface area contributed by atoms with E-state index < -0.39 is 0 Å². The average molecular weight is 422 g/mol. The number of benzene rings is 2. The summed E-state index contributed by atoms with van der Waals surface area (Å²) in [6, 6.07) is 16.0. The number of rotatable bonds is 5. The van der Waals surface area contributed by atoms with Gasteiger partial charge in [0.25, 0.3) is 5.91 Å². The minimum Gasteiger partial charge on any atom is -0.267 e. The highest BCUT2D eigenvalue weighted by molar-refractivity contribution is 7.22. The second-order valence-corrected chi connectivity index (χ2v) is 8.25. The Hall–Kier alpha value is -3.16. The quantitative estimate of drug-likeness (QED) is 0.229. The van der Waals surface area contributed by atoms with Crippen molar-refractivity contribution in [3.8, 4) is 0 Å². The van der Waals surface area contributed by atoms with E-state index in [9.17, 15) is 9.18 Å². The molecule has 4 rings (SSSR count). The van der Waals surface area contributed by atoms with Crippen LogP contribution in [0, 0.1) is 12.7 Å². The van der Waals surface area contributed by atoms with Crippen molar-refractivity contribution in [2.45, 2.75) is 6.92 Å². The summed E-state index contributed by atoms with van der Waals surface area (Å²) in [5, 5.41) is 7.95. The van der Waals surface area contributed by atoms with E-state index in [1.54, 1.807) is 18.4 Å². The Bertz CT molecular complexity index is 1190. The minimum atomic E-state index is -0.341. The van der Waals surface area contributed by atoms with Crippen molar-refractivity contribution in [2.75, 3.05) is 5.01 Å². The van der Waals surface area contributed by atoms with E-state index in [0.29, 0.717) is 15.3 Å². The van der Waals surface area contributed by atoms with E-state index in [-0.39, 0.29) is 11.7 Å². The Morgan fingerprint density at radius 3 is 2.76 bits per heavy atom. The zero-order valence-corrected chi connectivity index (χ0v) is 17.1. The summed E-state index contributed by atoms with van der Waals surface area (Å²) < 4.78 is 14.2. The summed E-state index contributed by atoms with van der Waals surface area (Å²) in [6.45, 7) is 2.01. The molecular formula is C22H16FN3OS2. The average Bonchev–Trinajstić information content (AvgIpc) is 3.37. The van der Waals surface area contributed by atoms with Crippen LogP contribution in [0.3, 0.4) is 0 Å². The highest BCUT2D eigenvalue weighted by Crippen LogP contribution is 2.30. The van der Waals surface area contributed by atoms with E-state index in [1.807, 2.05) is 48.7 Å². The number of thiazole rings is 1. The van der Waals surface area contributed by atoms with E-state index in [1.165, 1.54) is 45.9 Å². The smallest absolute Gasteiger partial charge is 0.267 e. The van der Waals surface area contributed by atoms with Gasteiger partial charge < -0.3 is 0 Å². The summed E-state index contributed by atoms with van der Waals surface area (Å²) in [5.74, 6) is -0.674. The molecule has 0 saturated heterocycles. The number of aryl methyl sites for hydroxylation is 1. The van der Waals surface area contributed by atoms with Crippen LogP contribution in [0.4, 0.5) is 9.52 Å². The van der Waals surface area contributed by atoms with Crippen LogP contribution in [-0.2, 0) is 4.79 Å². The van der Waals surface area contributed by atoms with Gasteiger partial charge in [-0.3, -0.25) is 4.79 Å². The number of halogens is 1. The maximum absolute atomic E-state index is 13.5. The molecule has 2 aromatic carbocycles. The fourth-order valence-electron chi connectivity index (χ4n) is 2.56. The van der Waals surface area contributed by atoms with Gasteiger partial charge in [0.1, 0.15) is 5.82 Å². The third-order valence-corrected chi connectivity index (χ3v) is 5.89. The lowest BCUT2D eigenvalue weighted by atomic mass is 10.2. The molecule has 0 aliphatic carbocycles. The molecule has 7 heteroatoms. The van der Waals surface area contributed by atoms with Crippen molar-refractivity contribution in [1.82, 2.24) is 4.98 Å². The third-order valence-electron chi connectivity index (χ3n) is 4.06. The Morgan fingerprint density at radius 1 is 1.17 bits per heavy atom. The molecule has 0 N–H and O–H groups in total. The van der Waals surface area contributed by atoms with Gasteiger partial charge in [0.05, 0.1) is 16.4 Å². The molecule has 0 aliphatic heterocycles. The molecule has 1 amide bonds. The van der Waals surface area contributed by atoms with Gasteiger partial charge in [-0.05, 0) is 48.2 Å². The number of nitrogens with zero attached hydrogens (tertiary/aromatic N) is 3. The molecule has 0 bridgehead atoms. The zero-order valence-electron chi connectivity index (χ0n) is 15.4. The first-order valence-electron chi connectivity index (χ1n) is 8.81. The van der Waals surface area contributed by atoms with Crippen LogP contribution in [0.1, 0.15) is 16.0 Å². The van der Waals surface area contributed by atoms with Crippen molar-refractivity contribution in [1.29, 1.82) is 0 Å². The summed E-state index contributed by atoms with van der Waals surface area (Å²) >= 11 is 2.76. The minimum absolute atomic E-state index is 0.332. The summed E-state index contributed by atoms with van der Waals surface area (Å²) in [7, 11) is 0. The maximum atomic E-state index is 13.5. The fourth-order valence-corrected chi connectivity index (χ4v) is 4.14. The van der Waals surface area contributed by atoms with Gasteiger partial charge in [0, 0.05) is 11.0 Å². The molecule has 4 nitrogen and oxygen atoms in total. The SMILES string of the molecule is Cc1ccc(/C=N/N(C(=O)/C=C/c2cccs2)c2nc3ccc(F)cc3s2)cc1. The molecular weight excluding hydrogens is 405 g/mol. The number of amides is 1. The number of anilines is 1. The summed E-state index contributed by atoms with van der Waals surface area (Å²) in [6.07, 6.45) is 4.82. The van der Waals surface area contributed by atoms with Crippen LogP contribution in [0.15, 0.2) is 71.2 Å². The van der Waals surface area contributed by atoms with Crippen molar-refractivity contribution >= 4 is 56.2 Å². The molecule has 0 saturated carbocycles. The van der Waals surface area contributed by atoms with Gasteiger partial charge in [-0.25, -0.2) is 9.37 Å². The van der Waals surface area contributed by atoms with Crippen LogP contribution < -0.4 is 5.01 Å². The van der Waals surface area contributed by atoms with Crippen molar-refractivity contribution in [2.24, 2.45) is 5.10 Å². The molecule has 29 heavy (non-hydrogen) atoms. The first kappa shape index (κ1) is 19.2. The van der Waals surface area contributed by atoms with Crippen LogP contribution in [0.5, 0.6) is 0 Å². The molecule has 0 aliphatic rings. The predicted octanol–water partition coefficient (Wildman–Crippen LogP) is 5.89. The maximum Gasteiger partial charge on any atom is 0.273 e. The van der Waals surface area contributed by atoms with Crippen LogP contribution in [0.25, 0.3) is 16.3 Å². The number of carbonyl (C=O) groups excluding carboxylic acids is 1. The number of hydrazone groups is 1. The molecule has 2 heterocycles. The van der Waals surface area contributed by atoms with E-state index in [4.69, 9.17) is 0 Å². The van der Waals surface area contributed by atoms with Crippen molar-refractivity contribution in [3.63, 3.8) is 0 Å². The van der Waals surface area contributed by atoms with Crippen LogP contribution >= 0.6 is 22.7 Å². The Balaban J connectivity index is 1.68. The Kier molecular flexibility index (Phi) is 5.59. The molecule has 4 aromatic rings. The lowest BCUT2D eigenvalue weighted by Crippen LogP contribution is -2.23. The Labute approximate surface area is 175 Å². The Morgan fingerprint density at radius 2 is 2.00 bits per heavy atom. The lowest BCUT2D eigenvalue weighted by molar-refractivity contribution is -0.114. The topological polar surface area (TPSA) is 45.6 Å². The van der Waals surface area contributed by atoms with E-state index >= 15 is 0 Å². The fraction of sp³-hybridized carbons (Fsp3) is 0.0455. The number of aromatic nitrogens is 1. The van der Waals surface area contributed by atoms with Crippen molar-refractivity contribution in [3.05, 3.63) is 87.9 Å². The van der Waals surface area contributed by atoms with Gasteiger partial charge in [0.2, 0.25) is 5.13 Å². The lowest BCUT2D eigenvalue weighted by Gasteiger charge is -2.11. The van der Waals surface area contributed by atoms with Gasteiger partial charge in [-0.2, -0.15) is 10.1 Å². The largest absolute Gasteiger partial charge is 0.273 e. The van der Waals surface area contributed by atoms with Gasteiger partial charge in [0.15, 0.2) is 0 Å². The van der Waals surface area contributed by atoms with Gasteiger partial charge >= 0.3 is 0 Å². The summed E-state index contributed by atoms with van der Waals surface area (Å²) in [4.78, 5) is 18.3. The van der Waals surface area contributed by atoms with Gasteiger partial charge in [-0.15, -0.1) is 11.3 Å². The first-order chi connectivity index (χ1) is 14.1. The predicted molar refractivity (Wildman–Crippen MR) is 119 cm³/mol. The molecule has 0 atom stereocenters. The van der Waals surface area contributed by atoms with Crippen molar-refractivity contribution < 1.29 is 9.18 Å². The van der Waals surface area contributed by atoms with E-state index in [2.05, 4.69) is 10.1 Å². The molecule has 0 fully saturated rings. The molecule has 0 spiro atoms. The number of thiophene rings is 1. The monoisotopic (exact) mass is 421 g/mol. The first-order valence-corrected chi connectivity index (χ1v) is 10.5. The van der Waals surface area contributed by atoms with E-state index in [0.717, 1.165) is 16.0 Å². The standard InChI is InChI=1S/C22H16FN3OS2/c1-15-4-6-16(7-5-15)14-24-26(21(27)11-9-18-3-2-12-28-18)22-25-19-10-8-17(23)13-20(19)29-22/h2-14H,1H3/b11-9+,24-14+. The third kappa shape index (κ3) is 4.64. The van der Waals surface area contributed by atoms with Crippen LogP contribution in [-0.4, -0.2) is 17.1 Å². The number of hydrogen-bond acceptors (Lipinski definition) is 5. The molecule has 2 aromatic heterocycles. The highest BCUT2D eigenvalue weighted by Gasteiger charge is 2.17. The molecule has 0 radical (unpaired) electrons. The molecule has 0 unspecified atom stereocenters. The number of carbonyl (C=O) groups is 1. The normalized spacial score (nSPS) is 11.7. The second kappa shape index (κ2) is 8.46. The summed E-state index contributed by atoms with van der Waals surface area (Å²) in [5.41, 5.74) is 2.63. The van der Waals surface area contributed by atoms with Gasteiger partial charge in [-0.1, -0.05) is 47.2 Å². The second-order valence-electron chi connectivity index (χ2n) is 6.26. The highest BCUT2D eigenvalue weighted by atomic mass is 32.1. The number of hydrogen-bond donors (Lipinski definition) is 0. The van der Waals surface area contributed by atoms with Crippen LogP contribution in [0.2, 0.25) is 0 Å². The zero-order chi connectivity index (χ0) is 20.2. The molecule has 144 valence electrons.